The molecule has 0 aliphatic carbocycles. The van der Waals surface area contributed by atoms with Gasteiger partial charge in [0.1, 0.15) is 5.82 Å². The van der Waals surface area contributed by atoms with Gasteiger partial charge in [0.15, 0.2) is 12.4 Å². The number of halogens is 1. The van der Waals surface area contributed by atoms with E-state index in [0.29, 0.717) is 0 Å². The van der Waals surface area contributed by atoms with E-state index < -0.39 is 39.1 Å². The number of hydrogen-bond donors (Lipinski definition) is 1. The fourth-order valence-corrected chi connectivity index (χ4v) is 3.68. The third kappa shape index (κ3) is 5.52. The van der Waals surface area contributed by atoms with Crippen molar-refractivity contribution in [3.05, 3.63) is 99.9 Å². The number of hydrogen-bond acceptors (Lipinski definition) is 7. The van der Waals surface area contributed by atoms with Crippen molar-refractivity contribution in [2.24, 2.45) is 0 Å². The van der Waals surface area contributed by atoms with Gasteiger partial charge in [0, 0.05) is 23.4 Å². The lowest BCUT2D eigenvalue weighted by atomic mass is 10.1. The smallest absolute Gasteiger partial charge is 0.338 e. The Hall–Kier alpha value is -4.12. The molecule has 3 aromatic rings. The van der Waals surface area contributed by atoms with E-state index in [2.05, 4.69) is 4.72 Å². The van der Waals surface area contributed by atoms with Crippen LogP contribution in [-0.2, 0) is 14.8 Å². The number of Topliss-reactive ketones (excluding diaryl/α,β-unsaturated/α-hetero) is 1. The number of sulfonamides is 1. The average molecular weight is 458 g/mol. The molecule has 11 heteroatoms. The molecule has 1 N–H and O–H groups in total. The van der Waals surface area contributed by atoms with E-state index >= 15 is 0 Å². The lowest BCUT2D eigenvalue weighted by Gasteiger charge is -2.09. The topological polar surface area (TPSA) is 133 Å². The maximum atomic E-state index is 12.9. The zero-order valence-electron chi connectivity index (χ0n) is 16.2. The highest BCUT2D eigenvalue weighted by Crippen LogP contribution is 2.21. The van der Waals surface area contributed by atoms with Crippen molar-refractivity contribution in [1.82, 2.24) is 0 Å². The molecule has 0 amide bonds. The third-order valence-corrected chi connectivity index (χ3v) is 5.59. The van der Waals surface area contributed by atoms with Crippen molar-refractivity contribution in [3.8, 4) is 0 Å². The Labute approximate surface area is 181 Å². The molecule has 0 aliphatic heterocycles. The second-order valence-corrected chi connectivity index (χ2v) is 8.13. The molecule has 3 aromatic carbocycles. The molecule has 0 bridgehead atoms. The summed E-state index contributed by atoms with van der Waals surface area (Å²) in [4.78, 5) is 33.9. The SMILES string of the molecule is O=C(COC(=O)c1ccc(NS(=O)(=O)c2cccc([N+](=O)[O-])c2)cc1)c1ccc(F)cc1. The van der Waals surface area contributed by atoms with Crippen molar-refractivity contribution < 1.29 is 32.1 Å². The van der Waals surface area contributed by atoms with Crippen molar-refractivity contribution in [1.29, 1.82) is 0 Å². The van der Waals surface area contributed by atoms with Crippen LogP contribution in [0.15, 0.2) is 77.7 Å². The molecule has 0 unspecified atom stereocenters. The van der Waals surface area contributed by atoms with Gasteiger partial charge in [-0.05, 0) is 54.6 Å². The number of nitro benzene ring substituents is 1. The minimum atomic E-state index is -4.10. The van der Waals surface area contributed by atoms with Crippen LogP contribution in [0.4, 0.5) is 15.8 Å². The van der Waals surface area contributed by atoms with Gasteiger partial charge in [0.25, 0.3) is 15.7 Å². The molecule has 9 nitrogen and oxygen atoms in total. The second kappa shape index (κ2) is 9.35. The van der Waals surface area contributed by atoms with Crippen molar-refractivity contribution in [3.63, 3.8) is 0 Å². The Kier molecular flexibility index (Phi) is 6.59. The van der Waals surface area contributed by atoms with Crippen LogP contribution in [0.25, 0.3) is 0 Å². The summed E-state index contributed by atoms with van der Waals surface area (Å²) in [6.45, 7) is -0.550. The first-order chi connectivity index (χ1) is 15.2. The predicted molar refractivity (Wildman–Crippen MR) is 111 cm³/mol. The fourth-order valence-electron chi connectivity index (χ4n) is 2.59. The fraction of sp³-hybridized carbons (Fsp3) is 0.0476. The number of esters is 1. The van der Waals surface area contributed by atoms with Crippen LogP contribution in [0.3, 0.4) is 0 Å². The molecule has 0 radical (unpaired) electrons. The number of anilines is 1. The summed E-state index contributed by atoms with van der Waals surface area (Å²) in [7, 11) is -4.10. The molecule has 0 spiro atoms. The van der Waals surface area contributed by atoms with E-state index in [1.54, 1.807) is 0 Å². The van der Waals surface area contributed by atoms with E-state index in [9.17, 15) is 32.5 Å². The highest BCUT2D eigenvalue weighted by atomic mass is 32.2. The number of nitro groups is 1. The molecular formula is C21H15FN2O7S. The molecule has 3 rings (SSSR count). The van der Waals surface area contributed by atoms with E-state index in [0.717, 1.165) is 18.2 Å². The number of rotatable bonds is 8. The summed E-state index contributed by atoms with van der Waals surface area (Å²) in [6, 6.07) is 14.5. The highest BCUT2D eigenvalue weighted by molar-refractivity contribution is 7.92. The van der Waals surface area contributed by atoms with Gasteiger partial charge in [-0.25, -0.2) is 17.6 Å². The first-order valence-electron chi connectivity index (χ1n) is 8.99. The van der Waals surface area contributed by atoms with Gasteiger partial charge in [-0.1, -0.05) is 6.07 Å². The first kappa shape index (κ1) is 22.6. The lowest BCUT2D eigenvalue weighted by Crippen LogP contribution is -2.15. The van der Waals surface area contributed by atoms with Gasteiger partial charge in [0.2, 0.25) is 0 Å². The molecule has 32 heavy (non-hydrogen) atoms. The summed E-state index contributed by atoms with van der Waals surface area (Å²) in [5, 5.41) is 10.8. The van der Waals surface area contributed by atoms with Gasteiger partial charge in [-0.2, -0.15) is 0 Å². The Morgan fingerprint density at radius 3 is 2.22 bits per heavy atom. The largest absolute Gasteiger partial charge is 0.454 e. The Morgan fingerprint density at radius 1 is 0.969 bits per heavy atom. The van der Waals surface area contributed by atoms with Crippen LogP contribution >= 0.6 is 0 Å². The second-order valence-electron chi connectivity index (χ2n) is 6.44. The maximum absolute atomic E-state index is 12.9. The lowest BCUT2D eigenvalue weighted by molar-refractivity contribution is -0.385. The molecule has 0 fully saturated rings. The third-order valence-electron chi connectivity index (χ3n) is 4.21. The van der Waals surface area contributed by atoms with Gasteiger partial charge in [-0.3, -0.25) is 19.6 Å². The van der Waals surface area contributed by atoms with Crippen LogP contribution < -0.4 is 4.72 Å². The number of ether oxygens (including phenoxy) is 1. The molecule has 0 aromatic heterocycles. The molecule has 0 saturated heterocycles. The zero-order chi connectivity index (χ0) is 23.3. The number of benzene rings is 3. The van der Waals surface area contributed by atoms with Crippen molar-refractivity contribution in [2.45, 2.75) is 4.90 Å². The summed E-state index contributed by atoms with van der Waals surface area (Å²) in [5.74, 6) is -1.83. The van der Waals surface area contributed by atoms with Crippen LogP contribution in [0.2, 0.25) is 0 Å². The Morgan fingerprint density at radius 2 is 1.59 bits per heavy atom. The normalized spacial score (nSPS) is 10.9. The maximum Gasteiger partial charge on any atom is 0.338 e. The standard InChI is InChI=1S/C21H15FN2O7S/c22-16-8-4-14(5-9-16)20(25)13-31-21(26)15-6-10-17(11-7-15)23-32(29,30)19-3-1-2-18(12-19)24(27)28/h1-12,23H,13H2. The van der Waals surface area contributed by atoms with Crippen LogP contribution in [-0.4, -0.2) is 31.7 Å². The average Bonchev–Trinajstić information content (AvgIpc) is 2.78. The van der Waals surface area contributed by atoms with E-state index in [-0.39, 0.29) is 27.4 Å². The zero-order valence-corrected chi connectivity index (χ0v) is 17.0. The molecule has 0 atom stereocenters. The van der Waals surface area contributed by atoms with Gasteiger partial charge < -0.3 is 4.74 Å². The predicted octanol–water partition coefficient (Wildman–Crippen LogP) is 3.57. The van der Waals surface area contributed by atoms with Crippen molar-refractivity contribution in [2.75, 3.05) is 11.3 Å². The van der Waals surface area contributed by atoms with E-state index in [1.165, 1.54) is 54.6 Å². The molecular weight excluding hydrogens is 443 g/mol. The number of nitrogens with one attached hydrogen (secondary N) is 1. The molecule has 164 valence electrons. The molecule has 0 heterocycles. The van der Waals surface area contributed by atoms with Crippen LogP contribution in [0, 0.1) is 15.9 Å². The minimum absolute atomic E-state index is 0.0650. The van der Waals surface area contributed by atoms with Crippen LogP contribution in [0.5, 0.6) is 0 Å². The minimum Gasteiger partial charge on any atom is -0.454 e. The first-order valence-corrected chi connectivity index (χ1v) is 10.5. The monoisotopic (exact) mass is 458 g/mol. The quantitative estimate of drug-likeness (QED) is 0.236. The molecule has 0 saturated carbocycles. The summed E-state index contributed by atoms with van der Waals surface area (Å²) in [6.07, 6.45) is 0. The summed E-state index contributed by atoms with van der Waals surface area (Å²) in [5.41, 5.74) is -0.0168. The Bertz CT molecular complexity index is 1270. The number of carbonyl (C=O) groups is 2. The molecule has 0 aliphatic rings. The number of nitrogens with zero attached hydrogens (tertiary/aromatic N) is 1. The van der Waals surface area contributed by atoms with E-state index in [4.69, 9.17) is 4.74 Å². The summed E-state index contributed by atoms with van der Waals surface area (Å²) < 4.78 is 45.0. The van der Waals surface area contributed by atoms with Crippen LogP contribution in [0.1, 0.15) is 20.7 Å². The van der Waals surface area contributed by atoms with E-state index in [1.807, 2.05) is 0 Å². The van der Waals surface area contributed by atoms with Gasteiger partial charge >= 0.3 is 5.97 Å². The Balaban J connectivity index is 1.63. The van der Waals surface area contributed by atoms with Crippen molar-refractivity contribution >= 4 is 33.2 Å². The number of non-ortho nitro benzene ring substituents is 1. The summed E-state index contributed by atoms with van der Waals surface area (Å²) >= 11 is 0. The highest BCUT2D eigenvalue weighted by Gasteiger charge is 2.18. The van der Waals surface area contributed by atoms with Gasteiger partial charge in [-0.15, -0.1) is 0 Å². The number of carbonyl (C=O) groups excluding carboxylic acids is 2. The van der Waals surface area contributed by atoms with Gasteiger partial charge in [0.05, 0.1) is 15.4 Å². The number of ketones is 1.